The summed E-state index contributed by atoms with van der Waals surface area (Å²) >= 11 is 5.76. The Hall–Kier alpha value is -1.70. The van der Waals surface area contributed by atoms with Crippen LogP contribution in [0.15, 0.2) is 36.4 Å². The Morgan fingerprint density at radius 1 is 1.00 bits per heavy atom. The van der Waals surface area contributed by atoms with Crippen molar-refractivity contribution >= 4 is 24.0 Å². The van der Waals surface area contributed by atoms with E-state index in [4.69, 9.17) is 22.1 Å². The van der Waals surface area contributed by atoms with Crippen LogP contribution in [0, 0.1) is 5.82 Å². The van der Waals surface area contributed by atoms with Gasteiger partial charge in [0.05, 0.1) is 0 Å². The Balaban J connectivity index is 0.00000288. The van der Waals surface area contributed by atoms with E-state index < -0.39 is 17.9 Å². The zero-order valence-electron chi connectivity index (χ0n) is 12.1. The lowest BCUT2D eigenvalue weighted by molar-refractivity contribution is -0.275. The highest BCUT2D eigenvalue weighted by Gasteiger charge is 2.32. The molecule has 0 radical (unpaired) electrons. The topological polar surface area (TPSA) is 44.5 Å². The summed E-state index contributed by atoms with van der Waals surface area (Å²) in [5, 5.41) is 0.127. The lowest BCUT2D eigenvalue weighted by Crippen LogP contribution is -2.18. The predicted molar refractivity (Wildman–Crippen MR) is 85.3 cm³/mol. The molecule has 0 aromatic heterocycles. The van der Waals surface area contributed by atoms with Gasteiger partial charge in [0.1, 0.15) is 12.4 Å². The Kier molecular flexibility index (Phi) is 7.13. The third kappa shape index (κ3) is 5.74. The summed E-state index contributed by atoms with van der Waals surface area (Å²) < 4.78 is 60.0. The SMILES string of the molecule is Cl.NCCOc1ccc(-c2cc(F)cc(Cl)c2)cc1OC(F)(F)F. The molecule has 0 amide bonds. The van der Waals surface area contributed by atoms with Crippen molar-refractivity contribution in [3.8, 4) is 22.6 Å². The van der Waals surface area contributed by atoms with Crippen LogP contribution in [0.3, 0.4) is 0 Å². The van der Waals surface area contributed by atoms with E-state index in [0.717, 1.165) is 18.2 Å². The Morgan fingerprint density at radius 3 is 2.29 bits per heavy atom. The average molecular weight is 386 g/mol. The fourth-order valence-corrected chi connectivity index (χ4v) is 2.12. The first-order chi connectivity index (χ1) is 10.8. The van der Waals surface area contributed by atoms with E-state index in [1.807, 2.05) is 0 Å². The molecular weight excluding hydrogens is 373 g/mol. The summed E-state index contributed by atoms with van der Waals surface area (Å²) in [6, 6.07) is 7.54. The summed E-state index contributed by atoms with van der Waals surface area (Å²) in [4.78, 5) is 0. The second-order valence-electron chi connectivity index (χ2n) is 4.50. The standard InChI is InChI=1S/C15H12ClF4NO2.ClH/c16-11-5-10(6-12(17)8-11)9-1-2-13(22-4-3-21)14(7-9)23-15(18,19)20;/h1-2,5-8H,3-4,21H2;1H. The van der Waals surface area contributed by atoms with Crippen molar-refractivity contribution in [1.82, 2.24) is 0 Å². The summed E-state index contributed by atoms with van der Waals surface area (Å²) in [5.74, 6) is -1.25. The van der Waals surface area contributed by atoms with E-state index >= 15 is 0 Å². The summed E-state index contributed by atoms with van der Waals surface area (Å²) in [7, 11) is 0. The third-order valence-electron chi connectivity index (χ3n) is 2.74. The summed E-state index contributed by atoms with van der Waals surface area (Å²) in [5.41, 5.74) is 5.87. The number of hydrogen-bond acceptors (Lipinski definition) is 3. The first-order valence-electron chi connectivity index (χ1n) is 6.47. The normalized spacial score (nSPS) is 10.9. The third-order valence-corrected chi connectivity index (χ3v) is 2.96. The molecule has 9 heteroatoms. The van der Waals surface area contributed by atoms with Gasteiger partial charge in [-0.25, -0.2) is 4.39 Å². The smallest absolute Gasteiger partial charge is 0.488 e. The quantitative estimate of drug-likeness (QED) is 0.751. The maximum atomic E-state index is 13.4. The molecule has 0 aliphatic heterocycles. The molecule has 0 bridgehead atoms. The molecule has 0 atom stereocenters. The maximum absolute atomic E-state index is 13.4. The van der Waals surface area contributed by atoms with Gasteiger partial charge in [-0.2, -0.15) is 0 Å². The molecule has 0 aliphatic rings. The Morgan fingerprint density at radius 2 is 1.71 bits per heavy atom. The molecule has 24 heavy (non-hydrogen) atoms. The highest BCUT2D eigenvalue weighted by molar-refractivity contribution is 6.30. The fraction of sp³-hybridized carbons (Fsp3) is 0.200. The molecule has 2 rings (SSSR count). The summed E-state index contributed by atoms with van der Waals surface area (Å²) in [6.45, 7) is 0.159. The van der Waals surface area contributed by atoms with Gasteiger partial charge in [-0.15, -0.1) is 25.6 Å². The van der Waals surface area contributed by atoms with E-state index in [2.05, 4.69) is 4.74 Å². The Bertz CT molecular complexity index is 675. The van der Waals surface area contributed by atoms with E-state index in [-0.39, 0.29) is 36.3 Å². The van der Waals surface area contributed by atoms with Crippen molar-refractivity contribution in [1.29, 1.82) is 0 Å². The molecule has 2 aromatic rings. The van der Waals surface area contributed by atoms with Gasteiger partial charge in [0.25, 0.3) is 0 Å². The van der Waals surface area contributed by atoms with Crippen LogP contribution < -0.4 is 15.2 Å². The van der Waals surface area contributed by atoms with Gasteiger partial charge in [-0.1, -0.05) is 17.7 Å². The van der Waals surface area contributed by atoms with Gasteiger partial charge in [-0.05, 0) is 41.5 Å². The lowest BCUT2D eigenvalue weighted by Gasteiger charge is -2.15. The highest BCUT2D eigenvalue weighted by atomic mass is 35.5. The van der Waals surface area contributed by atoms with E-state index in [1.54, 1.807) is 0 Å². The van der Waals surface area contributed by atoms with E-state index in [9.17, 15) is 17.6 Å². The molecule has 0 unspecified atom stereocenters. The molecule has 132 valence electrons. The highest BCUT2D eigenvalue weighted by Crippen LogP contribution is 2.36. The minimum absolute atomic E-state index is 0. The van der Waals surface area contributed by atoms with Crippen LogP contribution in [0.2, 0.25) is 5.02 Å². The molecule has 0 aliphatic carbocycles. The van der Waals surface area contributed by atoms with Crippen molar-refractivity contribution in [2.45, 2.75) is 6.36 Å². The van der Waals surface area contributed by atoms with Crippen LogP contribution in [0.25, 0.3) is 11.1 Å². The number of hydrogen-bond donors (Lipinski definition) is 1. The van der Waals surface area contributed by atoms with Crippen LogP contribution in [-0.4, -0.2) is 19.5 Å². The van der Waals surface area contributed by atoms with Crippen molar-refractivity contribution in [3.05, 3.63) is 47.2 Å². The largest absolute Gasteiger partial charge is 0.573 e. The minimum atomic E-state index is -4.89. The summed E-state index contributed by atoms with van der Waals surface area (Å²) in [6.07, 6.45) is -4.89. The first kappa shape index (κ1) is 20.3. The number of rotatable bonds is 5. The van der Waals surface area contributed by atoms with Crippen LogP contribution in [0.4, 0.5) is 17.6 Å². The number of benzene rings is 2. The molecule has 2 N–H and O–H groups in total. The number of alkyl halides is 3. The van der Waals surface area contributed by atoms with E-state index in [1.165, 1.54) is 18.2 Å². The van der Waals surface area contributed by atoms with Crippen LogP contribution in [0.5, 0.6) is 11.5 Å². The number of nitrogens with two attached hydrogens (primary N) is 1. The Labute approximate surface area is 146 Å². The molecule has 0 saturated heterocycles. The van der Waals surface area contributed by atoms with Crippen molar-refractivity contribution in [2.24, 2.45) is 5.73 Å². The molecule has 0 spiro atoms. The molecular formula is C15H13Cl2F4NO2. The van der Waals surface area contributed by atoms with E-state index in [0.29, 0.717) is 11.1 Å². The molecule has 0 saturated carbocycles. The monoisotopic (exact) mass is 385 g/mol. The molecule has 0 fully saturated rings. The molecule has 0 heterocycles. The van der Waals surface area contributed by atoms with Gasteiger partial charge >= 0.3 is 6.36 Å². The second-order valence-corrected chi connectivity index (χ2v) is 4.94. The van der Waals surface area contributed by atoms with Gasteiger partial charge in [0.15, 0.2) is 11.5 Å². The zero-order valence-corrected chi connectivity index (χ0v) is 13.6. The van der Waals surface area contributed by atoms with Gasteiger partial charge in [-0.3, -0.25) is 0 Å². The number of halogens is 6. The van der Waals surface area contributed by atoms with Crippen molar-refractivity contribution < 1.29 is 27.0 Å². The maximum Gasteiger partial charge on any atom is 0.573 e. The molecule has 3 nitrogen and oxygen atoms in total. The molecule has 2 aromatic carbocycles. The zero-order chi connectivity index (χ0) is 17.0. The first-order valence-corrected chi connectivity index (χ1v) is 6.85. The van der Waals surface area contributed by atoms with Gasteiger partial charge in [0.2, 0.25) is 0 Å². The van der Waals surface area contributed by atoms with Crippen LogP contribution in [-0.2, 0) is 0 Å². The predicted octanol–water partition coefficient (Wildman–Crippen LogP) is 4.80. The minimum Gasteiger partial charge on any atom is -0.488 e. The van der Waals surface area contributed by atoms with Crippen LogP contribution >= 0.6 is 24.0 Å². The lowest BCUT2D eigenvalue weighted by atomic mass is 10.0. The fourth-order valence-electron chi connectivity index (χ4n) is 1.90. The van der Waals surface area contributed by atoms with Crippen molar-refractivity contribution in [2.75, 3.05) is 13.2 Å². The van der Waals surface area contributed by atoms with Gasteiger partial charge < -0.3 is 15.2 Å². The second kappa shape index (κ2) is 8.41. The van der Waals surface area contributed by atoms with Crippen LogP contribution in [0.1, 0.15) is 0 Å². The number of ether oxygens (including phenoxy) is 2. The average Bonchev–Trinajstić information content (AvgIpc) is 2.43. The van der Waals surface area contributed by atoms with Gasteiger partial charge in [0, 0.05) is 11.6 Å². The van der Waals surface area contributed by atoms with Crippen molar-refractivity contribution in [3.63, 3.8) is 0 Å².